The summed E-state index contributed by atoms with van der Waals surface area (Å²) >= 11 is 0. The second-order valence-corrected chi connectivity index (χ2v) is 5.77. The lowest BCUT2D eigenvalue weighted by Crippen LogP contribution is -2.37. The molecule has 2 heterocycles. The second-order valence-electron chi connectivity index (χ2n) is 5.77. The maximum Gasteiger partial charge on any atom is 0.126 e. The highest BCUT2D eigenvalue weighted by molar-refractivity contribution is 5.84. The maximum atomic E-state index is 5.37. The van der Waals surface area contributed by atoms with Crippen molar-refractivity contribution in [2.24, 2.45) is 0 Å². The summed E-state index contributed by atoms with van der Waals surface area (Å²) in [6.45, 7) is 8.17. The summed E-state index contributed by atoms with van der Waals surface area (Å²) in [4.78, 5) is 7.19. The minimum absolute atomic E-state index is 0.875. The number of hydrogen-bond acceptors (Lipinski definition) is 4. The number of aryl methyl sites for hydroxylation is 1. The molecule has 22 heavy (non-hydrogen) atoms. The molecule has 1 aromatic carbocycles. The van der Waals surface area contributed by atoms with Crippen LogP contribution in [0.5, 0.6) is 0 Å². The van der Waals surface area contributed by atoms with E-state index in [0.29, 0.717) is 0 Å². The van der Waals surface area contributed by atoms with E-state index in [2.05, 4.69) is 47.5 Å². The number of ether oxygens (including phenoxy) is 1. The lowest BCUT2D eigenvalue weighted by Gasteiger charge is -2.26. The van der Waals surface area contributed by atoms with Crippen molar-refractivity contribution in [1.29, 1.82) is 0 Å². The molecule has 0 saturated carbocycles. The summed E-state index contributed by atoms with van der Waals surface area (Å²) < 4.78 is 5.37. The predicted octanol–water partition coefficient (Wildman–Crippen LogP) is 2.93. The molecule has 4 nitrogen and oxygen atoms in total. The van der Waals surface area contributed by atoms with E-state index in [-0.39, 0.29) is 0 Å². The molecule has 2 aromatic rings. The fourth-order valence-electron chi connectivity index (χ4n) is 2.97. The number of fused-ring (bicyclic) bond motifs is 1. The van der Waals surface area contributed by atoms with Crippen LogP contribution in [0, 0.1) is 0 Å². The average Bonchev–Trinajstić information content (AvgIpc) is 2.59. The molecule has 0 atom stereocenters. The molecule has 1 fully saturated rings. The fourth-order valence-corrected chi connectivity index (χ4v) is 2.97. The van der Waals surface area contributed by atoms with Crippen molar-refractivity contribution in [2.75, 3.05) is 44.7 Å². The van der Waals surface area contributed by atoms with Crippen LogP contribution in [0.25, 0.3) is 10.9 Å². The van der Waals surface area contributed by atoms with Crippen molar-refractivity contribution in [3.8, 4) is 0 Å². The van der Waals surface area contributed by atoms with Gasteiger partial charge in [-0.1, -0.05) is 25.1 Å². The quantitative estimate of drug-likeness (QED) is 0.832. The molecule has 1 aliphatic heterocycles. The molecule has 1 N–H and O–H groups in total. The van der Waals surface area contributed by atoms with Gasteiger partial charge in [0.05, 0.1) is 18.7 Å². The molecule has 0 bridgehead atoms. The maximum absolute atomic E-state index is 5.37. The zero-order valence-electron chi connectivity index (χ0n) is 13.3. The highest BCUT2D eigenvalue weighted by Crippen LogP contribution is 2.21. The number of hydrogen-bond donors (Lipinski definition) is 1. The van der Waals surface area contributed by atoms with Crippen molar-refractivity contribution >= 4 is 16.7 Å². The zero-order valence-corrected chi connectivity index (χ0v) is 13.3. The normalized spacial score (nSPS) is 16.0. The predicted molar refractivity (Wildman–Crippen MR) is 91.5 cm³/mol. The minimum Gasteiger partial charge on any atom is -0.379 e. The van der Waals surface area contributed by atoms with Crippen LogP contribution in [0.2, 0.25) is 0 Å². The number of benzene rings is 1. The first-order valence-corrected chi connectivity index (χ1v) is 8.29. The lowest BCUT2D eigenvalue weighted by molar-refractivity contribution is 0.0378. The Kier molecular flexibility index (Phi) is 5.24. The number of nitrogens with one attached hydrogen (secondary N) is 1. The van der Waals surface area contributed by atoms with E-state index >= 15 is 0 Å². The standard InChI is InChI=1S/C18H25N3O/c1-2-15-14-18(20-17-7-4-3-6-16(15)17)19-8-5-9-21-10-12-22-13-11-21/h3-4,6-7,14H,2,5,8-13H2,1H3,(H,19,20). The third kappa shape index (κ3) is 3.76. The lowest BCUT2D eigenvalue weighted by atomic mass is 10.1. The van der Waals surface area contributed by atoms with Crippen LogP contribution in [0.15, 0.2) is 30.3 Å². The Morgan fingerprint density at radius 2 is 2.05 bits per heavy atom. The van der Waals surface area contributed by atoms with Crippen molar-refractivity contribution < 1.29 is 4.74 Å². The molecular weight excluding hydrogens is 274 g/mol. The number of morpholine rings is 1. The summed E-state index contributed by atoms with van der Waals surface area (Å²) in [6, 6.07) is 10.6. The summed E-state index contributed by atoms with van der Waals surface area (Å²) in [5, 5.41) is 4.75. The monoisotopic (exact) mass is 299 g/mol. The van der Waals surface area contributed by atoms with E-state index in [9.17, 15) is 0 Å². The van der Waals surface area contributed by atoms with Gasteiger partial charge in [-0.2, -0.15) is 0 Å². The van der Waals surface area contributed by atoms with E-state index in [0.717, 1.165) is 63.6 Å². The second kappa shape index (κ2) is 7.56. The van der Waals surface area contributed by atoms with Crippen LogP contribution in [-0.4, -0.2) is 49.3 Å². The minimum atomic E-state index is 0.875. The summed E-state index contributed by atoms with van der Waals surface area (Å²) in [6.07, 6.45) is 2.17. The molecule has 0 amide bonds. The Balaban J connectivity index is 1.57. The van der Waals surface area contributed by atoms with Crippen molar-refractivity contribution in [3.05, 3.63) is 35.9 Å². The Labute approximate surface area is 132 Å². The molecule has 118 valence electrons. The van der Waals surface area contributed by atoms with Gasteiger partial charge >= 0.3 is 0 Å². The van der Waals surface area contributed by atoms with Crippen LogP contribution in [0.4, 0.5) is 5.82 Å². The molecule has 0 radical (unpaired) electrons. The Morgan fingerprint density at radius 1 is 1.23 bits per heavy atom. The van der Waals surface area contributed by atoms with Crippen LogP contribution >= 0.6 is 0 Å². The van der Waals surface area contributed by atoms with Gasteiger partial charge in [0, 0.05) is 25.0 Å². The first-order chi connectivity index (χ1) is 10.9. The molecule has 3 rings (SSSR count). The van der Waals surface area contributed by atoms with Gasteiger partial charge in [-0.05, 0) is 37.1 Å². The number of nitrogens with zero attached hydrogens (tertiary/aromatic N) is 2. The Morgan fingerprint density at radius 3 is 2.86 bits per heavy atom. The number of aromatic nitrogens is 1. The van der Waals surface area contributed by atoms with E-state index in [1.54, 1.807) is 0 Å². The first-order valence-electron chi connectivity index (χ1n) is 8.29. The highest BCUT2D eigenvalue weighted by atomic mass is 16.5. The highest BCUT2D eigenvalue weighted by Gasteiger charge is 2.09. The SMILES string of the molecule is CCc1cc(NCCCN2CCOCC2)nc2ccccc12. The van der Waals surface area contributed by atoms with Crippen LogP contribution < -0.4 is 5.32 Å². The number of para-hydroxylation sites is 1. The first kappa shape index (κ1) is 15.3. The third-order valence-electron chi connectivity index (χ3n) is 4.24. The third-order valence-corrected chi connectivity index (χ3v) is 4.24. The van der Waals surface area contributed by atoms with Gasteiger partial charge in [-0.3, -0.25) is 4.90 Å². The number of rotatable bonds is 6. The van der Waals surface area contributed by atoms with Gasteiger partial charge in [0.1, 0.15) is 5.82 Å². The van der Waals surface area contributed by atoms with Crippen molar-refractivity contribution in [2.45, 2.75) is 19.8 Å². The largest absolute Gasteiger partial charge is 0.379 e. The van der Waals surface area contributed by atoms with Gasteiger partial charge in [-0.15, -0.1) is 0 Å². The molecular formula is C18H25N3O. The topological polar surface area (TPSA) is 37.4 Å². The molecule has 0 spiro atoms. The molecule has 1 aromatic heterocycles. The number of pyridine rings is 1. The molecule has 4 heteroatoms. The Bertz CT molecular complexity index is 608. The molecule has 1 saturated heterocycles. The van der Waals surface area contributed by atoms with Gasteiger partial charge < -0.3 is 10.1 Å². The van der Waals surface area contributed by atoms with Crippen LogP contribution in [-0.2, 0) is 11.2 Å². The smallest absolute Gasteiger partial charge is 0.126 e. The van der Waals surface area contributed by atoms with Crippen molar-refractivity contribution in [1.82, 2.24) is 9.88 Å². The fraction of sp³-hybridized carbons (Fsp3) is 0.500. The Hall–Kier alpha value is -1.65. The van der Waals surface area contributed by atoms with Gasteiger partial charge in [0.2, 0.25) is 0 Å². The number of anilines is 1. The van der Waals surface area contributed by atoms with Gasteiger partial charge in [-0.25, -0.2) is 4.98 Å². The van der Waals surface area contributed by atoms with Gasteiger partial charge in [0.15, 0.2) is 0 Å². The van der Waals surface area contributed by atoms with E-state index < -0.39 is 0 Å². The molecule has 0 aliphatic carbocycles. The van der Waals surface area contributed by atoms with E-state index in [1.165, 1.54) is 10.9 Å². The van der Waals surface area contributed by atoms with E-state index in [4.69, 9.17) is 9.72 Å². The van der Waals surface area contributed by atoms with Crippen molar-refractivity contribution in [3.63, 3.8) is 0 Å². The van der Waals surface area contributed by atoms with Crippen LogP contribution in [0.3, 0.4) is 0 Å². The van der Waals surface area contributed by atoms with E-state index in [1.807, 2.05) is 0 Å². The summed E-state index contributed by atoms with van der Waals surface area (Å²) in [5.74, 6) is 0.998. The molecule has 1 aliphatic rings. The summed E-state index contributed by atoms with van der Waals surface area (Å²) in [7, 11) is 0. The molecule has 0 unspecified atom stereocenters. The average molecular weight is 299 g/mol. The summed E-state index contributed by atoms with van der Waals surface area (Å²) in [5.41, 5.74) is 2.44. The van der Waals surface area contributed by atoms with Crippen LogP contribution in [0.1, 0.15) is 18.9 Å². The zero-order chi connectivity index (χ0) is 15.2. The van der Waals surface area contributed by atoms with Gasteiger partial charge in [0.25, 0.3) is 0 Å².